The summed E-state index contributed by atoms with van der Waals surface area (Å²) in [6.07, 6.45) is 5.01. The highest BCUT2D eigenvalue weighted by atomic mass is 16.6. The van der Waals surface area contributed by atoms with E-state index in [1.54, 1.807) is 6.20 Å². The minimum Gasteiger partial charge on any atom is -0.389 e. The van der Waals surface area contributed by atoms with E-state index in [1.165, 1.54) is 0 Å². The Balaban J connectivity index is 1.80. The Labute approximate surface area is 102 Å². The average Bonchev–Trinajstić information content (AvgIpc) is 2.77. The summed E-state index contributed by atoms with van der Waals surface area (Å²) in [5.41, 5.74) is 7.82. The fraction of sp³-hybridized carbons (Fsp3) is 0.538. The smallest absolute Gasteiger partial charge is 0.159 e. The number of rotatable bonds is 4. The minimum absolute atomic E-state index is 0.334. The molecule has 1 saturated carbocycles. The Morgan fingerprint density at radius 2 is 2.41 bits per heavy atom. The van der Waals surface area contributed by atoms with E-state index in [4.69, 9.17) is 10.6 Å². The summed E-state index contributed by atoms with van der Waals surface area (Å²) in [5.74, 6) is 0.494. The molecule has 1 fully saturated rings. The zero-order valence-corrected chi connectivity index (χ0v) is 10.2. The summed E-state index contributed by atoms with van der Waals surface area (Å²) in [5, 5.41) is 4.16. The van der Waals surface area contributed by atoms with E-state index < -0.39 is 0 Å². The molecular weight excluding hydrogens is 214 g/mol. The standard InChI is InChI=1S/C13H19N3O/c1-10(11-5-6-12(14)8-11)16-17-9-13-4-2-3-7-15-13/h2-4,7,11-12H,5-6,8-9,14H2,1H3/b16-10-. The van der Waals surface area contributed by atoms with Gasteiger partial charge in [-0.2, -0.15) is 0 Å². The van der Waals surface area contributed by atoms with Crippen molar-refractivity contribution in [1.82, 2.24) is 4.98 Å². The summed E-state index contributed by atoms with van der Waals surface area (Å²) < 4.78 is 0. The van der Waals surface area contributed by atoms with E-state index in [2.05, 4.69) is 10.1 Å². The Bertz CT molecular complexity index is 378. The molecule has 0 aliphatic heterocycles. The molecular formula is C13H19N3O. The van der Waals surface area contributed by atoms with Gasteiger partial charge in [-0.25, -0.2) is 0 Å². The van der Waals surface area contributed by atoms with Gasteiger partial charge in [0.15, 0.2) is 6.61 Å². The number of aromatic nitrogens is 1. The molecule has 2 rings (SSSR count). The van der Waals surface area contributed by atoms with Crippen LogP contribution in [0.3, 0.4) is 0 Å². The first-order chi connectivity index (χ1) is 8.25. The van der Waals surface area contributed by atoms with Crippen LogP contribution < -0.4 is 5.73 Å². The first kappa shape index (κ1) is 12.0. The zero-order chi connectivity index (χ0) is 12.1. The molecule has 0 bridgehead atoms. The largest absolute Gasteiger partial charge is 0.389 e. The molecule has 0 aromatic carbocycles. The van der Waals surface area contributed by atoms with Gasteiger partial charge in [0.2, 0.25) is 0 Å². The topological polar surface area (TPSA) is 60.5 Å². The van der Waals surface area contributed by atoms with Gasteiger partial charge in [0, 0.05) is 18.2 Å². The van der Waals surface area contributed by atoms with E-state index in [0.29, 0.717) is 18.6 Å². The molecule has 2 N–H and O–H groups in total. The Kier molecular flexibility index (Phi) is 4.09. The highest BCUT2D eigenvalue weighted by molar-refractivity contribution is 5.84. The SMILES string of the molecule is C/C(=N/OCc1ccccn1)C1CCC(N)C1. The van der Waals surface area contributed by atoms with Gasteiger partial charge in [-0.05, 0) is 38.3 Å². The molecule has 4 nitrogen and oxygen atoms in total. The molecule has 2 unspecified atom stereocenters. The normalized spacial score (nSPS) is 24.9. The summed E-state index contributed by atoms with van der Waals surface area (Å²) >= 11 is 0. The highest BCUT2D eigenvalue weighted by Crippen LogP contribution is 2.25. The van der Waals surface area contributed by atoms with Crippen molar-refractivity contribution < 1.29 is 4.84 Å². The quantitative estimate of drug-likeness (QED) is 0.640. The van der Waals surface area contributed by atoms with Crippen molar-refractivity contribution >= 4 is 5.71 Å². The predicted molar refractivity (Wildman–Crippen MR) is 67.5 cm³/mol. The second-order valence-corrected chi connectivity index (χ2v) is 4.60. The molecule has 4 heteroatoms. The van der Waals surface area contributed by atoms with Crippen LogP contribution in [0, 0.1) is 5.92 Å². The van der Waals surface area contributed by atoms with Gasteiger partial charge in [0.05, 0.1) is 11.4 Å². The third-order valence-corrected chi connectivity index (χ3v) is 3.21. The van der Waals surface area contributed by atoms with Crippen LogP contribution >= 0.6 is 0 Å². The van der Waals surface area contributed by atoms with Crippen molar-refractivity contribution in [3.8, 4) is 0 Å². The van der Waals surface area contributed by atoms with E-state index in [1.807, 2.05) is 25.1 Å². The maximum absolute atomic E-state index is 5.88. The zero-order valence-electron chi connectivity index (χ0n) is 10.2. The van der Waals surface area contributed by atoms with Gasteiger partial charge in [-0.1, -0.05) is 11.2 Å². The molecule has 0 saturated heterocycles. The van der Waals surface area contributed by atoms with Crippen LogP contribution in [0.15, 0.2) is 29.6 Å². The van der Waals surface area contributed by atoms with E-state index in [-0.39, 0.29) is 0 Å². The molecule has 0 spiro atoms. The lowest BCUT2D eigenvalue weighted by molar-refractivity contribution is 0.126. The number of nitrogens with zero attached hydrogens (tertiary/aromatic N) is 2. The third kappa shape index (κ3) is 3.53. The predicted octanol–water partition coefficient (Wildman–Crippen LogP) is 2.10. The Morgan fingerprint density at radius 1 is 1.53 bits per heavy atom. The second-order valence-electron chi connectivity index (χ2n) is 4.60. The Hall–Kier alpha value is -1.42. The summed E-state index contributed by atoms with van der Waals surface area (Å²) in [6.45, 7) is 2.44. The molecule has 17 heavy (non-hydrogen) atoms. The lowest BCUT2D eigenvalue weighted by Gasteiger charge is -2.08. The number of oxime groups is 1. The maximum Gasteiger partial charge on any atom is 0.159 e. The number of hydrogen-bond acceptors (Lipinski definition) is 4. The molecule has 1 aliphatic rings. The van der Waals surface area contributed by atoms with Gasteiger partial charge < -0.3 is 10.6 Å². The third-order valence-electron chi connectivity index (χ3n) is 3.21. The van der Waals surface area contributed by atoms with Crippen LogP contribution in [0.1, 0.15) is 31.9 Å². The molecule has 0 radical (unpaired) electrons. The van der Waals surface area contributed by atoms with E-state index >= 15 is 0 Å². The van der Waals surface area contributed by atoms with Crippen LogP contribution in [0.4, 0.5) is 0 Å². The molecule has 1 heterocycles. The average molecular weight is 233 g/mol. The van der Waals surface area contributed by atoms with Gasteiger partial charge in [-0.3, -0.25) is 4.98 Å². The first-order valence-corrected chi connectivity index (χ1v) is 6.07. The maximum atomic E-state index is 5.88. The molecule has 1 aromatic rings. The van der Waals surface area contributed by atoms with Crippen molar-refractivity contribution in [2.75, 3.05) is 0 Å². The summed E-state index contributed by atoms with van der Waals surface area (Å²) in [6, 6.07) is 6.09. The Morgan fingerprint density at radius 3 is 3.06 bits per heavy atom. The van der Waals surface area contributed by atoms with Crippen LogP contribution in [0.5, 0.6) is 0 Å². The van der Waals surface area contributed by atoms with Crippen molar-refractivity contribution in [3.05, 3.63) is 30.1 Å². The van der Waals surface area contributed by atoms with E-state index in [0.717, 1.165) is 30.7 Å². The summed E-state index contributed by atoms with van der Waals surface area (Å²) in [4.78, 5) is 9.48. The lowest BCUT2D eigenvalue weighted by Crippen LogP contribution is -2.17. The van der Waals surface area contributed by atoms with E-state index in [9.17, 15) is 0 Å². The van der Waals surface area contributed by atoms with Gasteiger partial charge >= 0.3 is 0 Å². The van der Waals surface area contributed by atoms with Crippen molar-refractivity contribution in [1.29, 1.82) is 0 Å². The van der Waals surface area contributed by atoms with Crippen molar-refractivity contribution in [3.63, 3.8) is 0 Å². The number of pyridine rings is 1. The first-order valence-electron chi connectivity index (χ1n) is 6.07. The fourth-order valence-corrected chi connectivity index (χ4v) is 2.15. The molecule has 0 amide bonds. The fourth-order valence-electron chi connectivity index (χ4n) is 2.15. The lowest BCUT2D eigenvalue weighted by atomic mass is 10.0. The monoisotopic (exact) mass is 233 g/mol. The van der Waals surface area contributed by atoms with Crippen LogP contribution in [0.25, 0.3) is 0 Å². The van der Waals surface area contributed by atoms with Crippen molar-refractivity contribution in [2.24, 2.45) is 16.8 Å². The minimum atomic E-state index is 0.334. The highest BCUT2D eigenvalue weighted by Gasteiger charge is 2.24. The molecule has 2 atom stereocenters. The second kappa shape index (κ2) is 5.77. The van der Waals surface area contributed by atoms with Gasteiger partial charge in [-0.15, -0.1) is 0 Å². The van der Waals surface area contributed by atoms with Gasteiger partial charge in [0.1, 0.15) is 0 Å². The van der Waals surface area contributed by atoms with Crippen LogP contribution in [0.2, 0.25) is 0 Å². The molecule has 1 aliphatic carbocycles. The number of hydrogen-bond donors (Lipinski definition) is 1. The van der Waals surface area contributed by atoms with Crippen molar-refractivity contribution in [2.45, 2.75) is 38.8 Å². The molecule has 1 aromatic heterocycles. The summed E-state index contributed by atoms with van der Waals surface area (Å²) in [7, 11) is 0. The van der Waals surface area contributed by atoms with Crippen LogP contribution in [-0.4, -0.2) is 16.7 Å². The van der Waals surface area contributed by atoms with Crippen LogP contribution in [-0.2, 0) is 11.4 Å². The number of nitrogens with two attached hydrogens (primary N) is 1. The molecule has 92 valence electrons. The van der Waals surface area contributed by atoms with Gasteiger partial charge in [0.25, 0.3) is 0 Å².